The Morgan fingerprint density at radius 2 is 1.41 bits per heavy atom. The van der Waals surface area contributed by atoms with Gasteiger partial charge in [-0.2, -0.15) is 0 Å². The van der Waals surface area contributed by atoms with Crippen LogP contribution in [0.15, 0.2) is 0 Å². The fourth-order valence-electron chi connectivity index (χ4n) is 3.01. The highest BCUT2D eigenvalue weighted by Gasteiger charge is 2.24. The summed E-state index contributed by atoms with van der Waals surface area (Å²) < 4.78 is 0. The van der Waals surface area contributed by atoms with Crippen LogP contribution in [0.2, 0.25) is 0 Å². The molecule has 0 radical (unpaired) electrons. The van der Waals surface area contributed by atoms with Crippen LogP contribution in [0.5, 0.6) is 0 Å². The van der Waals surface area contributed by atoms with E-state index in [1.165, 1.54) is 52.0 Å². The molecular weight excluding hydrogens is 212 g/mol. The van der Waals surface area contributed by atoms with Gasteiger partial charge in [-0.05, 0) is 58.7 Å². The molecule has 0 aromatic heterocycles. The first-order chi connectivity index (χ1) is 8.16. The Bertz CT molecular complexity index is 224. The summed E-state index contributed by atoms with van der Waals surface area (Å²) in [6.45, 7) is 9.24. The molecule has 1 unspecified atom stereocenters. The highest BCUT2D eigenvalue weighted by Crippen LogP contribution is 2.21. The van der Waals surface area contributed by atoms with Crippen LogP contribution in [0.3, 0.4) is 0 Å². The van der Waals surface area contributed by atoms with Gasteiger partial charge in [-0.1, -0.05) is 6.42 Å². The molecule has 2 heterocycles. The van der Waals surface area contributed by atoms with Crippen molar-refractivity contribution in [3.8, 4) is 0 Å². The number of likely N-dealkylation sites (tertiary alicyclic amines) is 2. The van der Waals surface area contributed by atoms with Crippen molar-refractivity contribution in [2.75, 3.05) is 39.3 Å². The summed E-state index contributed by atoms with van der Waals surface area (Å²) in [6.07, 6.45) is 7.24. The van der Waals surface area contributed by atoms with Gasteiger partial charge in [-0.15, -0.1) is 0 Å². The standard InChI is InChI=1S/C14H28N2O/c1-14(17)6-5-10-16(11-7-14)13-12-15-8-3-2-4-9-15/h17H,2-13H2,1H3. The van der Waals surface area contributed by atoms with E-state index in [1.807, 2.05) is 6.92 Å². The highest BCUT2D eigenvalue weighted by molar-refractivity contribution is 4.79. The van der Waals surface area contributed by atoms with E-state index in [0.29, 0.717) is 0 Å². The van der Waals surface area contributed by atoms with Crippen LogP contribution in [0.25, 0.3) is 0 Å². The molecule has 2 saturated heterocycles. The minimum absolute atomic E-state index is 0.417. The predicted molar refractivity (Wildman–Crippen MR) is 71.2 cm³/mol. The quantitative estimate of drug-likeness (QED) is 0.813. The molecule has 0 aromatic rings. The predicted octanol–water partition coefficient (Wildman–Crippen LogP) is 1.71. The van der Waals surface area contributed by atoms with Crippen molar-refractivity contribution in [2.24, 2.45) is 0 Å². The second-order valence-electron chi connectivity index (χ2n) is 6.09. The van der Waals surface area contributed by atoms with Crippen LogP contribution in [0, 0.1) is 0 Å². The van der Waals surface area contributed by atoms with Crippen LogP contribution < -0.4 is 0 Å². The Kier molecular flexibility index (Phi) is 4.83. The van der Waals surface area contributed by atoms with E-state index >= 15 is 0 Å². The Hall–Kier alpha value is -0.120. The first kappa shape index (κ1) is 13.3. The van der Waals surface area contributed by atoms with E-state index in [4.69, 9.17) is 0 Å². The Balaban J connectivity index is 1.68. The van der Waals surface area contributed by atoms with Gasteiger partial charge in [0.1, 0.15) is 0 Å². The number of aliphatic hydroxyl groups is 1. The van der Waals surface area contributed by atoms with Crippen LogP contribution >= 0.6 is 0 Å². The van der Waals surface area contributed by atoms with Gasteiger partial charge in [-0.3, -0.25) is 0 Å². The molecule has 0 aromatic carbocycles. The molecule has 0 bridgehead atoms. The first-order valence-corrected chi connectivity index (χ1v) is 7.33. The van der Waals surface area contributed by atoms with Gasteiger partial charge in [0.15, 0.2) is 0 Å². The van der Waals surface area contributed by atoms with E-state index in [9.17, 15) is 5.11 Å². The molecule has 3 heteroatoms. The first-order valence-electron chi connectivity index (χ1n) is 7.33. The largest absolute Gasteiger partial charge is 0.390 e. The maximum atomic E-state index is 10.1. The number of nitrogens with zero attached hydrogens (tertiary/aromatic N) is 2. The third-order valence-corrected chi connectivity index (χ3v) is 4.34. The lowest BCUT2D eigenvalue weighted by molar-refractivity contribution is 0.0442. The van der Waals surface area contributed by atoms with Crippen LogP contribution in [0.1, 0.15) is 45.4 Å². The molecule has 0 aliphatic carbocycles. The van der Waals surface area contributed by atoms with E-state index in [2.05, 4.69) is 9.80 Å². The monoisotopic (exact) mass is 240 g/mol. The average Bonchev–Trinajstić information content (AvgIpc) is 2.49. The van der Waals surface area contributed by atoms with Crippen molar-refractivity contribution in [3.05, 3.63) is 0 Å². The molecule has 3 nitrogen and oxygen atoms in total. The fourth-order valence-corrected chi connectivity index (χ4v) is 3.01. The summed E-state index contributed by atoms with van der Waals surface area (Å²) in [5.41, 5.74) is -0.417. The van der Waals surface area contributed by atoms with Crippen LogP contribution in [0.4, 0.5) is 0 Å². The van der Waals surface area contributed by atoms with Gasteiger partial charge >= 0.3 is 0 Å². The Morgan fingerprint density at radius 3 is 2.12 bits per heavy atom. The third kappa shape index (κ3) is 4.57. The normalized spacial score (nSPS) is 33.5. The molecule has 17 heavy (non-hydrogen) atoms. The zero-order valence-electron chi connectivity index (χ0n) is 11.3. The summed E-state index contributed by atoms with van der Waals surface area (Å²) in [5.74, 6) is 0. The van der Waals surface area contributed by atoms with Crippen LogP contribution in [-0.2, 0) is 0 Å². The second-order valence-corrected chi connectivity index (χ2v) is 6.09. The maximum absolute atomic E-state index is 10.1. The number of hydrogen-bond donors (Lipinski definition) is 1. The Morgan fingerprint density at radius 1 is 0.824 bits per heavy atom. The summed E-state index contributed by atoms with van der Waals surface area (Å²) in [4.78, 5) is 5.14. The minimum atomic E-state index is -0.417. The topological polar surface area (TPSA) is 26.7 Å². The van der Waals surface area contributed by atoms with Gasteiger partial charge in [0, 0.05) is 19.6 Å². The van der Waals surface area contributed by atoms with E-state index in [0.717, 1.165) is 25.8 Å². The smallest absolute Gasteiger partial charge is 0.0632 e. The molecule has 2 aliphatic heterocycles. The van der Waals surface area contributed by atoms with Crippen LogP contribution in [-0.4, -0.2) is 59.8 Å². The maximum Gasteiger partial charge on any atom is 0.0632 e. The van der Waals surface area contributed by atoms with Gasteiger partial charge in [0.05, 0.1) is 5.60 Å². The van der Waals surface area contributed by atoms with E-state index in [-0.39, 0.29) is 0 Å². The summed E-state index contributed by atoms with van der Waals surface area (Å²) >= 11 is 0. The molecule has 0 saturated carbocycles. The SMILES string of the molecule is CC1(O)CCCN(CCN2CCCCC2)CC1. The molecule has 0 amide bonds. The zero-order valence-corrected chi connectivity index (χ0v) is 11.3. The molecule has 2 fully saturated rings. The molecular formula is C14H28N2O. The lowest BCUT2D eigenvalue weighted by Crippen LogP contribution is -2.38. The van der Waals surface area contributed by atoms with Crippen molar-refractivity contribution in [1.29, 1.82) is 0 Å². The molecule has 100 valence electrons. The molecule has 2 aliphatic rings. The van der Waals surface area contributed by atoms with Crippen molar-refractivity contribution in [2.45, 2.75) is 51.0 Å². The van der Waals surface area contributed by atoms with E-state index in [1.54, 1.807) is 0 Å². The highest BCUT2D eigenvalue weighted by atomic mass is 16.3. The van der Waals surface area contributed by atoms with Gasteiger partial charge in [0.2, 0.25) is 0 Å². The zero-order chi connectivity index (χ0) is 12.1. The molecule has 1 N–H and O–H groups in total. The fraction of sp³-hybridized carbons (Fsp3) is 1.00. The van der Waals surface area contributed by atoms with Gasteiger partial charge in [-0.25, -0.2) is 0 Å². The van der Waals surface area contributed by atoms with Crippen molar-refractivity contribution >= 4 is 0 Å². The summed E-state index contributed by atoms with van der Waals surface area (Å²) in [6, 6.07) is 0. The molecule has 1 atom stereocenters. The van der Waals surface area contributed by atoms with Gasteiger partial charge < -0.3 is 14.9 Å². The average molecular weight is 240 g/mol. The lowest BCUT2D eigenvalue weighted by Gasteiger charge is -2.29. The number of rotatable bonds is 3. The second kappa shape index (κ2) is 6.17. The minimum Gasteiger partial charge on any atom is -0.390 e. The van der Waals surface area contributed by atoms with Crippen molar-refractivity contribution in [3.63, 3.8) is 0 Å². The number of hydrogen-bond acceptors (Lipinski definition) is 3. The van der Waals surface area contributed by atoms with Crippen molar-refractivity contribution < 1.29 is 5.11 Å². The van der Waals surface area contributed by atoms with E-state index < -0.39 is 5.60 Å². The molecule has 2 rings (SSSR count). The number of piperidine rings is 1. The summed E-state index contributed by atoms with van der Waals surface area (Å²) in [7, 11) is 0. The Labute approximate surface area is 106 Å². The molecule has 0 spiro atoms. The van der Waals surface area contributed by atoms with Crippen molar-refractivity contribution in [1.82, 2.24) is 9.80 Å². The summed E-state index contributed by atoms with van der Waals surface area (Å²) in [5, 5.41) is 10.1. The lowest BCUT2D eigenvalue weighted by atomic mass is 9.98. The van der Waals surface area contributed by atoms with Gasteiger partial charge in [0.25, 0.3) is 0 Å². The third-order valence-electron chi connectivity index (χ3n) is 4.34.